The minimum absolute atomic E-state index is 0.196. The molecule has 1 fully saturated rings. The lowest BCUT2D eigenvalue weighted by atomic mass is 9.99. The Bertz CT molecular complexity index is 990. The number of nitrogens with one attached hydrogen (secondary N) is 1. The fourth-order valence-corrected chi connectivity index (χ4v) is 3.79. The highest BCUT2D eigenvalue weighted by Crippen LogP contribution is 2.32. The summed E-state index contributed by atoms with van der Waals surface area (Å²) in [5, 5.41) is 0. The molecule has 166 valence electrons. The number of H-pyrrole nitrogens is 1. The van der Waals surface area contributed by atoms with Gasteiger partial charge in [0.25, 0.3) is 5.91 Å². The summed E-state index contributed by atoms with van der Waals surface area (Å²) in [6.45, 7) is 7.74. The van der Waals surface area contributed by atoms with Crippen molar-refractivity contribution in [2.75, 3.05) is 20.3 Å². The molecule has 1 aliphatic rings. The molecule has 1 atom stereocenters. The van der Waals surface area contributed by atoms with E-state index in [1.807, 2.05) is 0 Å². The van der Waals surface area contributed by atoms with Crippen LogP contribution >= 0.6 is 0 Å². The maximum atomic E-state index is 13.5. The summed E-state index contributed by atoms with van der Waals surface area (Å²) >= 11 is 0. The van der Waals surface area contributed by atoms with Gasteiger partial charge in [-0.3, -0.25) is 9.59 Å². The van der Waals surface area contributed by atoms with E-state index < -0.39 is 12.0 Å². The molecule has 0 bridgehead atoms. The van der Waals surface area contributed by atoms with Crippen LogP contribution in [0.3, 0.4) is 0 Å². The maximum Gasteiger partial charge on any atom is 0.355 e. The molecule has 31 heavy (non-hydrogen) atoms. The first kappa shape index (κ1) is 22.6. The Morgan fingerprint density at radius 1 is 1.23 bits per heavy atom. The zero-order valence-electron chi connectivity index (χ0n) is 18.8. The van der Waals surface area contributed by atoms with E-state index in [9.17, 15) is 14.4 Å². The van der Waals surface area contributed by atoms with Gasteiger partial charge in [0, 0.05) is 23.4 Å². The number of aryl methyl sites for hydroxylation is 1. The number of esters is 1. The Hall–Kier alpha value is -3.09. The fourth-order valence-electron chi connectivity index (χ4n) is 3.79. The Labute approximate surface area is 182 Å². The molecule has 1 aromatic heterocycles. The lowest BCUT2D eigenvalue weighted by Gasteiger charge is -2.29. The van der Waals surface area contributed by atoms with Crippen molar-refractivity contribution in [2.24, 2.45) is 5.92 Å². The summed E-state index contributed by atoms with van der Waals surface area (Å²) in [6, 6.07) is 6.28. The third-order valence-corrected chi connectivity index (χ3v) is 5.74. The molecule has 1 amide bonds. The Balaban J connectivity index is 1.91. The number of carbonyl (C=O) groups excluding carboxylic acids is 3. The molecule has 1 aromatic carbocycles. The van der Waals surface area contributed by atoms with Crippen LogP contribution in [-0.2, 0) is 4.74 Å². The molecule has 0 saturated heterocycles. The van der Waals surface area contributed by atoms with E-state index in [2.05, 4.69) is 4.98 Å². The van der Waals surface area contributed by atoms with Gasteiger partial charge in [0.15, 0.2) is 5.78 Å². The first-order chi connectivity index (χ1) is 14.8. The van der Waals surface area contributed by atoms with Gasteiger partial charge < -0.3 is 19.4 Å². The van der Waals surface area contributed by atoms with Gasteiger partial charge in [-0.1, -0.05) is 6.07 Å². The van der Waals surface area contributed by atoms with Crippen LogP contribution in [0, 0.1) is 19.8 Å². The topological polar surface area (TPSA) is 88.7 Å². The van der Waals surface area contributed by atoms with Crippen LogP contribution in [0.25, 0.3) is 0 Å². The average molecular weight is 427 g/mol. The van der Waals surface area contributed by atoms with Crippen molar-refractivity contribution in [3.8, 4) is 5.75 Å². The lowest BCUT2D eigenvalue weighted by Crippen LogP contribution is -2.44. The van der Waals surface area contributed by atoms with Crippen LogP contribution in [0.4, 0.5) is 0 Å². The van der Waals surface area contributed by atoms with Crippen LogP contribution in [0.2, 0.25) is 0 Å². The van der Waals surface area contributed by atoms with Crippen LogP contribution in [0.5, 0.6) is 5.75 Å². The third-order valence-electron chi connectivity index (χ3n) is 5.74. The van der Waals surface area contributed by atoms with Crippen molar-refractivity contribution in [1.29, 1.82) is 0 Å². The van der Waals surface area contributed by atoms with E-state index in [0.717, 1.165) is 12.8 Å². The quantitative estimate of drug-likeness (QED) is 0.485. The number of amides is 1. The van der Waals surface area contributed by atoms with E-state index in [4.69, 9.17) is 9.47 Å². The van der Waals surface area contributed by atoms with Gasteiger partial charge in [0.1, 0.15) is 11.4 Å². The number of benzene rings is 1. The monoisotopic (exact) mass is 426 g/mol. The van der Waals surface area contributed by atoms with Gasteiger partial charge in [-0.25, -0.2) is 4.79 Å². The highest BCUT2D eigenvalue weighted by atomic mass is 16.5. The fraction of sp³-hybridized carbons (Fsp3) is 0.458. The molecule has 2 aromatic rings. The number of ether oxygens (including phenoxy) is 2. The smallest absolute Gasteiger partial charge is 0.355 e. The van der Waals surface area contributed by atoms with Crippen molar-refractivity contribution in [2.45, 2.75) is 46.6 Å². The SMILES string of the molecule is CCOC(=O)c1[nH]c(C)c(C(=O)C(C)N(CC2CC2)C(=O)c2cccc(OC)c2)c1C. The second-order valence-corrected chi connectivity index (χ2v) is 8.02. The Morgan fingerprint density at radius 3 is 2.55 bits per heavy atom. The largest absolute Gasteiger partial charge is 0.497 e. The Kier molecular flexibility index (Phi) is 6.83. The number of hydrogen-bond acceptors (Lipinski definition) is 5. The number of nitrogens with zero attached hydrogens (tertiary/aromatic N) is 1. The Morgan fingerprint density at radius 2 is 1.94 bits per heavy atom. The van der Waals surface area contributed by atoms with Crippen LogP contribution in [0.1, 0.15) is 69.2 Å². The third kappa shape index (κ3) is 4.81. The number of aromatic amines is 1. The minimum Gasteiger partial charge on any atom is -0.497 e. The first-order valence-electron chi connectivity index (χ1n) is 10.6. The molecule has 7 nitrogen and oxygen atoms in total. The van der Waals surface area contributed by atoms with Gasteiger partial charge in [0.05, 0.1) is 19.8 Å². The number of hydrogen-bond donors (Lipinski definition) is 1. The van der Waals surface area contributed by atoms with E-state index >= 15 is 0 Å². The summed E-state index contributed by atoms with van der Waals surface area (Å²) < 4.78 is 10.3. The van der Waals surface area contributed by atoms with Crippen molar-refractivity contribution < 1.29 is 23.9 Å². The average Bonchev–Trinajstić information content (AvgIpc) is 3.54. The zero-order chi connectivity index (χ0) is 22.7. The first-order valence-corrected chi connectivity index (χ1v) is 10.6. The second kappa shape index (κ2) is 9.37. The molecular weight excluding hydrogens is 396 g/mol. The van der Waals surface area contributed by atoms with Crippen LogP contribution in [0.15, 0.2) is 24.3 Å². The number of Topliss-reactive ketones (excluding diaryl/α,β-unsaturated/α-hetero) is 1. The van der Waals surface area contributed by atoms with Crippen molar-refractivity contribution in [1.82, 2.24) is 9.88 Å². The minimum atomic E-state index is -0.678. The molecular formula is C24H30N2O5. The molecule has 3 rings (SSSR count). The summed E-state index contributed by atoms with van der Waals surface area (Å²) in [5.74, 6) is 0.111. The highest BCUT2D eigenvalue weighted by molar-refractivity contribution is 6.07. The van der Waals surface area contributed by atoms with Crippen molar-refractivity contribution >= 4 is 17.7 Å². The molecule has 0 aliphatic heterocycles. The van der Waals surface area contributed by atoms with E-state index in [1.54, 1.807) is 64.0 Å². The molecule has 1 N–H and O–H groups in total. The van der Waals surface area contributed by atoms with Crippen molar-refractivity contribution in [3.05, 3.63) is 52.3 Å². The zero-order valence-corrected chi connectivity index (χ0v) is 18.8. The second-order valence-electron chi connectivity index (χ2n) is 8.02. The van der Waals surface area contributed by atoms with E-state index in [-0.39, 0.29) is 24.0 Å². The molecule has 7 heteroatoms. The number of ketones is 1. The van der Waals surface area contributed by atoms with Gasteiger partial charge in [-0.05, 0) is 70.2 Å². The molecule has 1 saturated carbocycles. The normalized spacial score (nSPS) is 14.1. The summed E-state index contributed by atoms with van der Waals surface area (Å²) in [7, 11) is 1.55. The predicted molar refractivity (Wildman–Crippen MR) is 117 cm³/mol. The molecule has 1 unspecified atom stereocenters. The lowest BCUT2D eigenvalue weighted by molar-refractivity contribution is 0.0518. The highest BCUT2D eigenvalue weighted by Gasteiger charge is 2.35. The maximum absolute atomic E-state index is 13.5. The number of aromatic nitrogens is 1. The van der Waals surface area contributed by atoms with Crippen LogP contribution in [-0.4, -0.2) is 53.8 Å². The number of rotatable bonds is 9. The summed E-state index contributed by atoms with van der Waals surface area (Å²) in [6.07, 6.45) is 2.11. The number of carbonyl (C=O) groups is 3. The predicted octanol–water partition coefficient (Wildman–Crippen LogP) is 3.94. The molecule has 0 spiro atoms. The van der Waals surface area contributed by atoms with Crippen molar-refractivity contribution in [3.63, 3.8) is 0 Å². The summed E-state index contributed by atoms with van der Waals surface area (Å²) in [5.41, 5.74) is 2.34. The molecule has 0 radical (unpaired) electrons. The molecule has 1 heterocycles. The van der Waals surface area contributed by atoms with E-state index in [0.29, 0.717) is 40.6 Å². The summed E-state index contributed by atoms with van der Waals surface area (Å²) in [4.78, 5) is 43.7. The van der Waals surface area contributed by atoms with E-state index in [1.165, 1.54) is 0 Å². The van der Waals surface area contributed by atoms with Gasteiger partial charge in [-0.2, -0.15) is 0 Å². The standard InChI is InChI=1S/C24H30N2O5/c1-6-31-24(29)21-14(2)20(15(3)25-21)22(27)16(4)26(13-17-10-11-17)23(28)18-8-7-9-19(12-18)30-5/h7-9,12,16-17,25H,6,10-11,13H2,1-5H3. The van der Waals surface area contributed by atoms with Gasteiger partial charge in [0.2, 0.25) is 0 Å². The van der Waals surface area contributed by atoms with Gasteiger partial charge >= 0.3 is 5.97 Å². The van der Waals surface area contributed by atoms with Crippen LogP contribution < -0.4 is 4.74 Å². The number of methoxy groups -OCH3 is 1. The molecule has 1 aliphatic carbocycles. The van der Waals surface area contributed by atoms with Gasteiger partial charge in [-0.15, -0.1) is 0 Å².